The summed E-state index contributed by atoms with van der Waals surface area (Å²) in [4.78, 5) is 17.9. The first-order valence-electron chi connectivity index (χ1n) is 7.24. The summed E-state index contributed by atoms with van der Waals surface area (Å²) in [5, 5.41) is 2.22. The van der Waals surface area contributed by atoms with Crippen molar-refractivity contribution in [1.29, 1.82) is 0 Å². The molecule has 0 amide bonds. The third kappa shape index (κ3) is 1.87. The molecule has 4 aromatic heterocycles. The number of furan rings is 1. The average molecular weight is 298 g/mol. The van der Waals surface area contributed by atoms with E-state index in [0.717, 1.165) is 22.0 Å². The van der Waals surface area contributed by atoms with Crippen LogP contribution in [0, 0.1) is 0 Å². The van der Waals surface area contributed by atoms with Gasteiger partial charge in [0.15, 0.2) is 11.1 Å². The maximum absolute atomic E-state index is 5.66. The van der Waals surface area contributed by atoms with Gasteiger partial charge in [0.2, 0.25) is 5.71 Å². The van der Waals surface area contributed by atoms with Crippen LogP contribution in [0.3, 0.4) is 0 Å². The van der Waals surface area contributed by atoms with E-state index in [0.29, 0.717) is 22.5 Å². The highest BCUT2D eigenvalue weighted by Crippen LogP contribution is 2.26. The van der Waals surface area contributed by atoms with Crippen molar-refractivity contribution in [1.82, 2.24) is 19.9 Å². The Morgan fingerprint density at radius 1 is 0.739 bits per heavy atom. The van der Waals surface area contributed by atoms with E-state index < -0.39 is 0 Å². The number of benzene rings is 1. The molecular weight excluding hydrogens is 288 g/mol. The lowest BCUT2D eigenvalue weighted by molar-refractivity contribution is 0.652. The van der Waals surface area contributed by atoms with Gasteiger partial charge in [-0.2, -0.15) is 0 Å². The molecular formula is C18H10N4O. The molecule has 5 rings (SSSR count). The molecule has 0 fully saturated rings. The average Bonchev–Trinajstić information content (AvgIpc) is 2.99. The number of hydrogen-bond donors (Lipinski definition) is 0. The fourth-order valence-electron chi connectivity index (χ4n) is 2.71. The highest BCUT2D eigenvalue weighted by atomic mass is 16.3. The third-order valence-electron chi connectivity index (χ3n) is 3.83. The van der Waals surface area contributed by atoms with Gasteiger partial charge in [0, 0.05) is 17.8 Å². The highest BCUT2D eigenvalue weighted by Gasteiger charge is 2.12. The first kappa shape index (κ1) is 12.2. The summed E-state index contributed by atoms with van der Waals surface area (Å²) in [6.45, 7) is 0. The minimum absolute atomic E-state index is 0.489. The molecule has 0 bridgehead atoms. The van der Waals surface area contributed by atoms with E-state index in [1.54, 1.807) is 12.4 Å². The summed E-state index contributed by atoms with van der Waals surface area (Å²) in [7, 11) is 0. The normalized spacial score (nSPS) is 11.5. The van der Waals surface area contributed by atoms with Crippen LogP contribution in [0.25, 0.3) is 44.5 Å². The van der Waals surface area contributed by atoms with Gasteiger partial charge in [-0.15, -0.1) is 0 Å². The maximum Gasteiger partial charge on any atom is 0.248 e. The Kier molecular flexibility index (Phi) is 2.43. The molecule has 23 heavy (non-hydrogen) atoms. The van der Waals surface area contributed by atoms with Crippen molar-refractivity contribution in [3.63, 3.8) is 0 Å². The van der Waals surface area contributed by atoms with Gasteiger partial charge < -0.3 is 4.42 Å². The van der Waals surface area contributed by atoms with Gasteiger partial charge >= 0.3 is 0 Å². The lowest BCUT2D eigenvalue weighted by Gasteiger charge is -2.02. The second-order valence-electron chi connectivity index (χ2n) is 5.28. The van der Waals surface area contributed by atoms with Crippen molar-refractivity contribution >= 4 is 33.1 Å². The smallest absolute Gasteiger partial charge is 0.248 e. The Hall–Kier alpha value is -3.34. The predicted molar refractivity (Wildman–Crippen MR) is 87.8 cm³/mol. The van der Waals surface area contributed by atoms with E-state index in [2.05, 4.69) is 26.0 Å². The largest absolute Gasteiger partial charge is 0.435 e. The van der Waals surface area contributed by atoms with Crippen molar-refractivity contribution in [2.75, 3.05) is 0 Å². The number of pyridine rings is 2. The Morgan fingerprint density at radius 2 is 1.65 bits per heavy atom. The second-order valence-corrected chi connectivity index (χ2v) is 5.28. The molecule has 1 aromatic carbocycles. The first-order valence-corrected chi connectivity index (χ1v) is 7.24. The summed E-state index contributed by atoms with van der Waals surface area (Å²) >= 11 is 0. The first-order chi connectivity index (χ1) is 11.4. The maximum atomic E-state index is 5.66. The van der Waals surface area contributed by atoms with Crippen LogP contribution in [0.5, 0.6) is 0 Å². The molecule has 0 aliphatic rings. The monoisotopic (exact) mass is 298 g/mol. The van der Waals surface area contributed by atoms with Crippen molar-refractivity contribution in [2.24, 2.45) is 0 Å². The second kappa shape index (κ2) is 4.58. The van der Waals surface area contributed by atoms with E-state index in [-0.39, 0.29) is 0 Å². The fraction of sp³-hybridized carbons (Fsp3) is 0. The molecule has 0 radical (unpaired) electrons. The van der Waals surface area contributed by atoms with Gasteiger partial charge in [-0.1, -0.05) is 24.3 Å². The van der Waals surface area contributed by atoms with Crippen LogP contribution in [0.15, 0.2) is 65.5 Å². The number of aromatic nitrogens is 4. The molecule has 0 spiro atoms. The topological polar surface area (TPSA) is 64.7 Å². The molecule has 0 saturated carbocycles. The molecule has 5 nitrogen and oxygen atoms in total. The number of fused-ring (bicyclic) bond motifs is 4. The summed E-state index contributed by atoms with van der Waals surface area (Å²) < 4.78 is 5.66. The summed E-state index contributed by atoms with van der Waals surface area (Å²) in [5.41, 5.74) is 4.04. The molecule has 0 atom stereocenters. The molecule has 5 aromatic rings. The molecule has 0 unspecified atom stereocenters. The Labute approximate surface area is 130 Å². The van der Waals surface area contributed by atoms with Crippen molar-refractivity contribution < 1.29 is 4.42 Å². The van der Waals surface area contributed by atoms with Crippen LogP contribution in [0.1, 0.15) is 0 Å². The molecule has 0 aliphatic heterocycles. The summed E-state index contributed by atoms with van der Waals surface area (Å²) in [6, 6.07) is 13.8. The fourth-order valence-corrected chi connectivity index (χ4v) is 2.71. The van der Waals surface area contributed by atoms with Crippen LogP contribution in [0.2, 0.25) is 0 Å². The predicted octanol–water partition coefficient (Wildman–Crippen LogP) is 3.99. The van der Waals surface area contributed by atoms with Crippen LogP contribution in [-0.2, 0) is 0 Å². The Morgan fingerprint density at radius 3 is 2.61 bits per heavy atom. The van der Waals surface area contributed by atoms with Crippen LogP contribution >= 0.6 is 0 Å². The van der Waals surface area contributed by atoms with E-state index in [1.807, 2.05) is 42.6 Å². The zero-order chi connectivity index (χ0) is 15.2. The quantitative estimate of drug-likeness (QED) is 0.468. The zero-order valence-corrected chi connectivity index (χ0v) is 12.0. The van der Waals surface area contributed by atoms with E-state index in [9.17, 15) is 0 Å². The standard InChI is InChI=1S/C18H10N4O/c1-2-5-12-9-20-13(8-11(12)4-1)14-10-21-18-17(22-14)16-15(23-18)6-3-7-19-16/h1-10H. The van der Waals surface area contributed by atoms with Crippen LogP contribution in [-0.4, -0.2) is 19.9 Å². The van der Waals surface area contributed by atoms with Gasteiger partial charge in [-0.3, -0.25) is 9.97 Å². The third-order valence-corrected chi connectivity index (χ3v) is 3.83. The lowest BCUT2D eigenvalue weighted by Crippen LogP contribution is -1.90. The van der Waals surface area contributed by atoms with E-state index in [4.69, 9.17) is 4.42 Å². The minimum atomic E-state index is 0.489. The van der Waals surface area contributed by atoms with Gasteiger partial charge in [0.1, 0.15) is 11.2 Å². The SMILES string of the molecule is c1ccc2cc(-c3cnc4oc5cccnc5c4n3)ncc2c1. The number of hydrogen-bond acceptors (Lipinski definition) is 5. The van der Waals surface area contributed by atoms with Crippen LogP contribution < -0.4 is 0 Å². The molecule has 0 aliphatic carbocycles. The van der Waals surface area contributed by atoms with Crippen LogP contribution in [0.4, 0.5) is 0 Å². The number of nitrogens with zero attached hydrogens (tertiary/aromatic N) is 4. The zero-order valence-electron chi connectivity index (χ0n) is 12.0. The van der Waals surface area contributed by atoms with Crippen molar-refractivity contribution in [2.45, 2.75) is 0 Å². The number of rotatable bonds is 1. The van der Waals surface area contributed by atoms with Gasteiger partial charge in [-0.25, -0.2) is 9.97 Å². The van der Waals surface area contributed by atoms with Gasteiger partial charge in [0.05, 0.1) is 11.9 Å². The minimum Gasteiger partial charge on any atom is -0.435 e. The van der Waals surface area contributed by atoms with E-state index in [1.165, 1.54) is 0 Å². The molecule has 5 heteroatoms. The molecule has 4 heterocycles. The molecule has 0 saturated heterocycles. The van der Waals surface area contributed by atoms with Gasteiger partial charge in [0.25, 0.3) is 0 Å². The van der Waals surface area contributed by atoms with Gasteiger partial charge in [-0.05, 0) is 23.6 Å². The highest BCUT2D eigenvalue weighted by molar-refractivity contribution is 5.98. The van der Waals surface area contributed by atoms with E-state index >= 15 is 0 Å². The van der Waals surface area contributed by atoms with Crippen molar-refractivity contribution in [3.8, 4) is 11.4 Å². The lowest BCUT2D eigenvalue weighted by atomic mass is 10.1. The summed E-state index contributed by atoms with van der Waals surface area (Å²) in [6.07, 6.45) is 5.25. The Bertz CT molecular complexity index is 1180. The summed E-state index contributed by atoms with van der Waals surface area (Å²) in [5.74, 6) is 0. The Balaban J connectivity index is 1.76. The molecule has 108 valence electrons. The molecule has 0 N–H and O–H groups in total. The van der Waals surface area contributed by atoms with Crippen molar-refractivity contribution in [3.05, 3.63) is 61.1 Å².